The van der Waals surface area contributed by atoms with Crippen LogP contribution in [0.25, 0.3) is 0 Å². The number of carbonyl (C=O) groups is 2. The number of aryl methyl sites for hydroxylation is 2. The van der Waals surface area contributed by atoms with Gasteiger partial charge in [-0.15, -0.1) is 0 Å². The maximum atomic E-state index is 12.4. The summed E-state index contributed by atoms with van der Waals surface area (Å²) in [5.74, 6) is 0.292. The van der Waals surface area contributed by atoms with Gasteiger partial charge in [0.05, 0.1) is 0 Å². The first kappa shape index (κ1) is 17.6. The summed E-state index contributed by atoms with van der Waals surface area (Å²) in [6.07, 6.45) is 8.33. The summed E-state index contributed by atoms with van der Waals surface area (Å²) in [7, 11) is 0. The third-order valence-corrected chi connectivity index (χ3v) is 4.99. The minimum atomic E-state index is 0.134. The fraction of sp³-hybridized carbons (Fsp3) is 0.391. The lowest BCUT2D eigenvalue weighted by Crippen LogP contribution is -2.04. The summed E-state index contributed by atoms with van der Waals surface area (Å²) in [5, 5.41) is 0. The topological polar surface area (TPSA) is 34.1 Å². The molecule has 130 valence electrons. The molecule has 2 aromatic rings. The lowest BCUT2D eigenvalue weighted by atomic mass is 9.98. The second-order valence-electron chi connectivity index (χ2n) is 7.01. The molecular formula is C23H26O2. The van der Waals surface area contributed by atoms with Gasteiger partial charge in [-0.1, -0.05) is 55.3 Å². The zero-order chi connectivity index (χ0) is 17.5. The lowest BCUT2D eigenvalue weighted by molar-refractivity contribution is 0.0978. The lowest BCUT2D eigenvalue weighted by Gasteiger charge is -2.06. The molecule has 1 aliphatic carbocycles. The molecule has 0 radical (unpaired) electrons. The number of rotatable bonds is 0. The summed E-state index contributed by atoms with van der Waals surface area (Å²) in [4.78, 5) is 24.8. The Hall–Kier alpha value is -2.22. The Morgan fingerprint density at radius 3 is 1.72 bits per heavy atom. The van der Waals surface area contributed by atoms with Crippen molar-refractivity contribution >= 4 is 11.6 Å². The van der Waals surface area contributed by atoms with Crippen molar-refractivity contribution in [3.05, 3.63) is 70.8 Å². The Labute approximate surface area is 150 Å². The Morgan fingerprint density at radius 1 is 0.520 bits per heavy atom. The normalized spacial score (nSPS) is 17.1. The number of hydrogen-bond acceptors (Lipinski definition) is 2. The van der Waals surface area contributed by atoms with Crippen molar-refractivity contribution in [3.63, 3.8) is 0 Å². The van der Waals surface area contributed by atoms with E-state index in [2.05, 4.69) is 24.3 Å². The van der Waals surface area contributed by atoms with Crippen LogP contribution in [-0.2, 0) is 12.8 Å². The molecule has 1 aliphatic rings. The minimum Gasteiger partial charge on any atom is -0.294 e. The number of ketones is 2. The van der Waals surface area contributed by atoms with Gasteiger partial charge in [0.15, 0.2) is 11.6 Å². The third-order valence-electron chi connectivity index (χ3n) is 4.99. The standard InChI is InChI=1S/C23H26O2/c24-22-14-4-2-1-3-8-18-9-5-10-19(16-18)11-6-15-23(25)21-13-7-12-20(22)17-21/h5,7,9-10,12-13,16-17H,1-4,6,8,11,14-15H2. The number of Topliss-reactive ketones (excluding diaryl/α,β-unsaturated/α-hetero) is 2. The quantitative estimate of drug-likeness (QED) is 0.630. The van der Waals surface area contributed by atoms with E-state index in [4.69, 9.17) is 0 Å². The van der Waals surface area contributed by atoms with Gasteiger partial charge in [-0.2, -0.15) is 0 Å². The Morgan fingerprint density at radius 2 is 1.04 bits per heavy atom. The largest absolute Gasteiger partial charge is 0.294 e. The minimum absolute atomic E-state index is 0.134. The monoisotopic (exact) mass is 334 g/mol. The molecule has 0 aromatic heterocycles. The first-order valence-corrected chi connectivity index (χ1v) is 9.47. The van der Waals surface area contributed by atoms with Crippen LogP contribution in [-0.4, -0.2) is 11.6 Å². The van der Waals surface area contributed by atoms with Crippen LogP contribution in [0.5, 0.6) is 0 Å². The molecule has 0 saturated carbocycles. The highest BCUT2D eigenvalue weighted by Crippen LogP contribution is 2.17. The summed E-state index contributed by atoms with van der Waals surface area (Å²) >= 11 is 0. The van der Waals surface area contributed by atoms with Crippen molar-refractivity contribution in [1.82, 2.24) is 0 Å². The Balaban J connectivity index is 1.75. The van der Waals surface area contributed by atoms with E-state index >= 15 is 0 Å². The molecule has 0 spiro atoms. The smallest absolute Gasteiger partial charge is 0.162 e. The highest BCUT2D eigenvalue weighted by molar-refractivity contribution is 6.01. The average molecular weight is 334 g/mol. The Bertz CT molecular complexity index is 745. The maximum Gasteiger partial charge on any atom is 0.162 e. The van der Waals surface area contributed by atoms with Crippen molar-refractivity contribution < 1.29 is 9.59 Å². The molecular weight excluding hydrogens is 308 g/mol. The molecule has 2 aromatic carbocycles. The highest BCUT2D eigenvalue weighted by Gasteiger charge is 2.11. The van der Waals surface area contributed by atoms with E-state index in [0.29, 0.717) is 24.0 Å². The van der Waals surface area contributed by atoms with Crippen molar-refractivity contribution in [2.45, 2.75) is 57.8 Å². The van der Waals surface area contributed by atoms with Crippen LogP contribution in [0.3, 0.4) is 0 Å². The van der Waals surface area contributed by atoms with Crippen LogP contribution in [0.1, 0.15) is 76.8 Å². The van der Waals surface area contributed by atoms with Gasteiger partial charge in [-0.05, 0) is 49.3 Å². The fourth-order valence-corrected chi connectivity index (χ4v) is 3.52. The van der Waals surface area contributed by atoms with E-state index in [0.717, 1.165) is 38.5 Å². The molecule has 0 N–H and O–H groups in total. The first-order valence-electron chi connectivity index (χ1n) is 9.47. The number of carbonyl (C=O) groups excluding carboxylic acids is 2. The predicted molar refractivity (Wildman–Crippen MR) is 101 cm³/mol. The molecule has 4 bridgehead atoms. The van der Waals surface area contributed by atoms with E-state index in [1.54, 1.807) is 6.07 Å². The highest BCUT2D eigenvalue weighted by atomic mass is 16.1. The van der Waals surface area contributed by atoms with Gasteiger partial charge < -0.3 is 0 Å². The van der Waals surface area contributed by atoms with E-state index in [1.165, 1.54) is 17.5 Å². The predicted octanol–water partition coefficient (Wildman–Crippen LogP) is 5.58. The van der Waals surface area contributed by atoms with Gasteiger partial charge in [0, 0.05) is 24.0 Å². The summed E-state index contributed by atoms with van der Waals surface area (Å²) in [6.45, 7) is 0. The summed E-state index contributed by atoms with van der Waals surface area (Å²) in [5.41, 5.74) is 4.06. The summed E-state index contributed by atoms with van der Waals surface area (Å²) in [6, 6.07) is 16.0. The second kappa shape index (κ2) is 8.75. The molecule has 0 saturated heterocycles. The number of benzene rings is 2. The molecule has 2 heteroatoms. The van der Waals surface area contributed by atoms with Crippen molar-refractivity contribution in [1.29, 1.82) is 0 Å². The summed E-state index contributed by atoms with van der Waals surface area (Å²) < 4.78 is 0. The van der Waals surface area contributed by atoms with Crippen molar-refractivity contribution in [2.24, 2.45) is 0 Å². The van der Waals surface area contributed by atoms with Gasteiger partial charge in [0.2, 0.25) is 0 Å². The van der Waals surface area contributed by atoms with Gasteiger partial charge in [-0.25, -0.2) is 0 Å². The van der Waals surface area contributed by atoms with Gasteiger partial charge in [0.25, 0.3) is 0 Å². The van der Waals surface area contributed by atoms with Crippen LogP contribution in [0.2, 0.25) is 0 Å². The Kier molecular flexibility index (Phi) is 6.16. The molecule has 0 amide bonds. The van der Waals surface area contributed by atoms with Crippen LogP contribution in [0.15, 0.2) is 48.5 Å². The van der Waals surface area contributed by atoms with Crippen LogP contribution in [0.4, 0.5) is 0 Å². The van der Waals surface area contributed by atoms with E-state index in [9.17, 15) is 9.59 Å². The van der Waals surface area contributed by atoms with E-state index in [-0.39, 0.29) is 11.6 Å². The van der Waals surface area contributed by atoms with Crippen molar-refractivity contribution in [2.75, 3.05) is 0 Å². The number of fused-ring (bicyclic) bond motifs is 4. The average Bonchev–Trinajstić information content (AvgIpc) is 2.64. The molecule has 0 fully saturated rings. The molecule has 2 nitrogen and oxygen atoms in total. The SMILES string of the molecule is O=C1CCCCCCc2cccc(c2)CCCC(=O)c2cccc1c2. The van der Waals surface area contributed by atoms with Crippen LogP contribution < -0.4 is 0 Å². The first-order chi connectivity index (χ1) is 12.2. The molecule has 0 unspecified atom stereocenters. The molecule has 3 rings (SSSR count). The second-order valence-corrected chi connectivity index (χ2v) is 7.01. The third kappa shape index (κ3) is 5.12. The molecule has 0 atom stereocenters. The van der Waals surface area contributed by atoms with Gasteiger partial charge in [-0.3, -0.25) is 9.59 Å². The molecule has 0 heterocycles. The van der Waals surface area contributed by atoms with Crippen LogP contribution in [0, 0.1) is 0 Å². The van der Waals surface area contributed by atoms with E-state index in [1.807, 2.05) is 18.2 Å². The van der Waals surface area contributed by atoms with Crippen molar-refractivity contribution in [3.8, 4) is 0 Å². The molecule has 25 heavy (non-hydrogen) atoms. The van der Waals surface area contributed by atoms with E-state index < -0.39 is 0 Å². The number of hydrogen-bond donors (Lipinski definition) is 0. The zero-order valence-corrected chi connectivity index (χ0v) is 14.8. The fourth-order valence-electron chi connectivity index (χ4n) is 3.52. The van der Waals surface area contributed by atoms with Crippen LogP contribution >= 0.6 is 0 Å². The zero-order valence-electron chi connectivity index (χ0n) is 14.8. The molecule has 0 aliphatic heterocycles. The van der Waals surface area contributed by atoms with Gasteiger partial charge in [0.1, 0.15) is 0 Å². The maximum absolute atomic E-state index is 12.4. The van der Waals surface area contributed by atoms with Gasteiger partial charge >= 0.3 is 0 Å².